The molecule has 0 unspecified atom stereocenters. The molecular weight excluding hydrogens is 304 g/mol. The summed E-state index contributed by atoms with van der Waals surface area (Å²) >= 11 is 4.44. The molecule has 0 saturated heterocycles. The zero-order chi connectivity index (χ0) is 12.3. The van der Waals surface area contributed by atoms with Gasteiger partial charge in [0.1, 0.15) is 0 Å². The second-order valence-electron chi connectivity index (χ2n) is 3.17. The molecule has 2 rings (SSSR count). The summed E-state index contributed by atoms with van der Waals surface area (Å²) in [5.41, 5.74) is 0.809. The van der Waals surface area contributed by atoms with Gasteiger partial charge in [-0.25, -0.2) is 0 Å². The fourth-order valence-corrected chi connectivity index (χ4v) is 2.13. The molecule has 0 saturated carbocycles. The Morgan fingerprint density at radius 3 is 2.53 bits per heavy atom. The maximum absolute atomic E-state index is 10.5. The fraction of sp³-hybridized carbons (Fsp3) is 0. The van der Waals surface area contributed by atoms with Crippen molar-refractivity contribution in [1.29, 1.82) is 0 Å². The Morgan fingerprint density at radius 2 is 1.94 bits per heavy atom. The molecule has 1 heterocycles. The lowest BCUT2D eigenvalue weighted by Crippen LogP contribution is -1.80. The first-order chi connectivity index (χ1) is 8.15. The molecule has 4 nitrogen and oxygen atoms in total. The van der Waals surface area contributed by atoms with Crippen LogP contribution in [0.5, 0.6) is 0 Å². The van der Waals surface area contributed by atoms with Gasteiger partial charge >= 0.3 is 5.00 Å². The van der Waals surface area contributed by atoms with Crippen molar-refractivity contribution in [1.82, 2.24) is 0 Å². The molecule has 0 spiro atoms. The quantitative estimate of drug-likeness (QED) is 0.485. The first kappa shape index (κ1) is 11.9. The highest BCUT2D eigenvalue weighted by Crippen LogP contribution is 2.23. The van der Waals surface area contributed by atoms with Gasteiger partial charge < -0.3 is 0 Å². The average molecular weight is 311 g/mol. The van der Waals surface area contributed by atoms with Crippen molar-refractivity contribution in [3.05, 3.63) is 55.9 Å². The van der Waals surface area contributed by atoms with Crippen molar-refractivity contribution in [2.45, 2.75) is 0 Å². The molecule has 2 aromatic rings. The van der Waals surface area contributed by atoms with Gasteiger partial charge in [-0.15, -0.1) is 0 Å². The molecule has 0 N–H and O–H groups in total. The van der Waals surface area contributed by atoms with Crippen LogP contribution < -0.4 is 0 Å². The normalized spacial score (nSPS) is 10.9. The molecule has 0 aliphatic carbocycles. The topological polar surface area (TPSA) is 55.5 Å². The first-order valence-corrected chi connectivity index (χ1v) is 6.30. The molecule has 6 heteroatoms. The van der Waals surface area contributed by atoms with E-state index in [4.69, 9.17) is 0 Å². The van der Waals surface area contributed by atoms with Crippen LogP contribution in [0.2, 0.25) is 0 Å². The van der Waals surface area contributed by atoms with E-state index in [0.29, 0.717) is 0 Å². The predicted octanol–water partition coefficient (Wildman–Crippen LogP) is 4.17. The Labute approximate surface area is 110 Å². The number of hydrogen-bond acceptors (Lipinski definition) is 4. The number of nitro groups is 1. The maximum atomic E-state index is 10.5. The van der Waals surface area contributed by atoms with E-state index in [-0.39, 0.29) is 5.00 Å². The second-order valence-corrected chi connectivity index (χ2v) is 5.18. The summed E-state index contributed by atoms with van der Waals surface area (Å²) in [5.74, 6) is 0. The van der Waals surface area contributed by atoms with Gasteiger partial charge in [-0.05, 0) is 30.3 Å². The monoisotopic (exact) mass is 310 g/mol. The molecule has 86 valence electrons. The average Bonchev–Trinajstić information content (AvgIpc) is 2.77. The van der Waals surface area contributed by atoms with Gasteiger partial charge in [-0.2, -0.15) is 0 Å². The van der Waals surface area contributed by atoms with E-state index in [9.17, 15) is 10.1 Å². The van der Waals surface area contributed by atoms with E-state index in [1.165, 1.54) is 6.07 Å². The zero-order valence-corrected chi connectivity index (χ0v) is 10.9. The van der Waals surface area contributed by atoms with E-state index in [1.807, 2.05) is 24.3 Å². The van der Waals surface area contributed by atoms with Gasteiger partial charge in [0.25, 0.3) is 0 Å². The van der Waals surface area contributed by atoms with E-state index in [2.05, 4.69) is 20.9 Å². The number of aliphatic imine (C=N–C) groups is 1. The van der Waals surface area contributed by atoms with Crippen LogP contribution >= 0.6 is 27.3 Å². The van der Waals surface area contributed by atoms with Crippen LogP contribution in [0.3, 0.4) is 0 Å². The first-order valence-electron chi connectivity index (χ1n) is 4.69. The molecule has 1 aromatic carbocycles. The smallest absolute Gasteiger partial charge is 0.258 e. The minimum atomic E-state index is -0.401. The lowest BCUT2D eigenvalue weighted by atomic mass is 10.3. The van der Waals surface area contributed by atoms with Gasteiger partial charge in [-0.3, -0.25) is 15.1 Å². The van der Waals surface area contributed by atoms with Crippen LogP contribution in [-0.4, -0.2) is 11.1 Å². The summed E-state index contributed by atoms with van der Waals surface area (Å²) in [7, 11) is 0. The van der Waals surface area contributed by atoms with Crippen molar-refractivity contribution >= 4 is 44.2 Å². The molecule has 1 aromatic heterocycles. The van der Waals surface area contributed by atoms with Crippen LogP contribution in [-0.2, 0) is 0 Å². The van der Waals surface area contributed by atoms with Gasteiger partial charge in [0.05, 0.1) is 15.5 Å². The Kier molecular flexibility index (Phi) is 3.65. The molecule has 0 amide bonds. The lowest BCUT2D eigenvalue weighted by molar-refractivity contribution is -0.380. The summed E-state index contributed by atoms with van der Waals surface area (Å²) in [4.78, 5) is 15.1. The largest absolute Gasteiger partial charge is 0.324 e. The van der Waals surface area contributed by atoms with Crippen LogP contribution in [0, 0.1) is 10.1 Å². The third-order valence-electron chi connectivity index (χ3n) is 1.96. The van der Waals surface area contributed by atoms with E-state index < -0.39 is 4.92 Å². The Bertz CT molecular complexity index is 563. The van der Waals surface area contributed by atoms with Crippen LogP contribution in [0.4, 0.5) is 10.7 Å². The highest BCUT2D eigenvalue weighted by atomic mass is 79.9. The summed E-state index contributed by atoms with van der Waals surface area (Å²) in [6.45, 7) is 0. The molecule has 0 fully saturated rings. The van der Waals surface area contributed by atoms with Gasteiger partial charge in [-0.1, -0.05) is 27.3 Å². The van der Waals surface area contributed by atoms with Gasteiger partial charge in [0.15, 0.2) is 0 Å². The summed E-state index contributed by atoms with van der Waals surface area (Å²) in [6.07, 6.45) is 1.63. The molecule has 0 atom stereocenters. The third kappa shape index (κ3) is 3.21. The Balaban J connectivity index is 2.14. The zero-order valence-electron chi connectivity index (χ0n) is 8.54. The highest BCUT2D eigenvalue weighted by Gasteiger charge is 2.07. The lowest BCUT2D eigenvalue weighted by Gasteiger charge is -1.92. The highest BCUT2D eigenvalue weighted by molar-refractivity contribution is 9.10. The number of rotatable bonds is 3. The van der Waals surface area contributed by atoms with E-state index in [1.54, 1.807) is 12.3 Å². The van der Waals surface area contributed by atoms with Gasteiger partial charge in [0.2, 0.25) is 0 Å². The van der Waals surface area contributed by atoms with Gasteiger partial charge in [0, 0.05) is 16.8 Å². The number of nitrogens with zero attached hydrogens (tertiary/aromatic N) is 2. The van der Waals surface area contributed by atoms with Crippen LogP contribution in [0.1, 0.15) is 4.88 Å². The second kappa shape index (κ2) is 5.20. The molecule has 0 bridgehead atoms. The standard InChI is InChI=1S/C11H7BrN2O2S/c12-8-1-3-9(4-2-8)13-7-10-5-6-11(17-10)14(15)16/h1-7H. The molecule has 0 aliphatic rings. The Morgan fingerprint density at radius 1 is 1.24 bits per heavy atom. The van der Waals surface area contributed by atoms with Crippen molar-refractivity contribution in [3.63, 3.8) is 0 Å². The predicted molar refractivity (Wildman–Crippen MR) is 72.4 cm³/mol. The van der Waals surface area contributed by atoms with Crippen molar-refractivity contribution in [2.24, 2.45) is 4.99 Å². The summed E-state index contributed by atoms with van der Waals surface area (Å²) in [5, 5.41) is 10.6. The molecule has 0 aliphatic heterocycles. The molecule has 0 radical (unpaired) electrons. The molecule has 17 heavy (non-hydrogen) atoms. The van der Waals surface area contributed by atoms with E-state index >= 15 is 0 Å². The third-order valence-corrected chi connectivity index (χ3v) is 3.46. The summed E-state index contributed by atoms with van der Waals surface area (Å²) in [6, 6.07) is 10.7. The maximum Gasteiger partial charge on any atom is 0.324 e. The van der Waals surface area contributed by atoms with Crippen molar-refractivity contribution in [3.8, 4) is 0 Å². The number of benzene rings is 1. The Hall–Kier alpha value is -1.53. The number of halogens is 1. The van der Waals surface area contributed by atoms with Crippen LogP contribution in [0.15, 0.2) is 45.9 Å². The van der Waals surface area contributed by atoms with E-state index in [0.717, 1.165) is 26.4 Å². The van der Waals surface area contributed by atoms with Crippen LogP contribution in [0.25, 0.3) is 0 Å². The number of hydrogen-bond donors (Lipinski definition) is 0. The van der Waals surface area contributed by atoms with Crippen molar-refractivity contribution in [2.75, 3.05) is 0 Å². The minimum absolute atomic E-state index is 0.127. The number of thiophene rings is 1. The fourth-order valence-electron chi connectivity index (χ4n) is 1.18. The SMILES string of the molecule is O=[N+]([O-])c1ccc(C=Nc2ccc(Br)cc2)s1. The van der Waals surface area contributed by atoms with Crippen molar-refractivity contribution < 1.29 is 4.92 Å². The summed E-state index contributed by atoms with van der Waals surface area (Å²) < 4.78 is 0.989. The molecular formula is C11H7BrN2O2S. The minimum Gasteiger partial charge on any atom is -0.258 e.